The number of aryl methyl sites for hydroxylation is 1. The Morgan fingerprint density at radius 2 is 2.00 bits per heavy atom. The first-order chi connectivity index (χ1) is 15.7. The maximum absolute atomic E-state index is 12.8. The Labute approximate surface area is 194 Å². The van der Waals surface area contributed by atoms with Crippen LogP contribution in [0.15, 0.2) is 57.3 Å². The van der Waals surface area contributed by atoms with Gasteiger partial charge in [-0.3, -0.25) is 4.79 Å². The zero-order valence-electron chi connectivity index (χ0n) is 20.0. The molecule has 0 aliphatic heterocycles. The van der Waals surface area contributed by atoms with Gasteiger partial charge in [0, 0.05) is 23.1 Å². The molecule has 33 heavy (non-hydrogen) atoms. The van der Waals surface area contributed by atoms with Crippen molar-refractivity contribution in [3.8, 4) is 5.75 Å². The van der Waals surface area contributed by atoms with Gasteiger partial charge in [-0.1, -0.05) is 17.7 Å². The summed E-state index contributed by atoms with van der Waals surface area (Å²) < 4.78 is 11.4. The van der Waals surface area contributed by atoms with Gasteiger partial charge in [0.2, 0.25) is 0 Å². The third-order valence-electron chi connectivity index (χ3n) is 5.21. The molecule has 6 heteroatoms. The minimum absolute atomic E-state index is 0.102. The number of benzene rings is 2. The third-order valence-corrected chi connectivity index (χ3v) is 5.21. The average Bonchev–Trinajstić information content (AvgIpc) is 2.77. The lowest BCUT2D eigenvalue weighted by molar-refractivity contribution is 0.102. The first kappa shape index (κ1) is 24.3. The molecule has 1 radical (unpaired) electrons. The highest BCUT2D eigenvalue weighted by molar-refractivity contribution is 6.05. The van der Waals surface area contributed by atoms with E-state index in [0.717, 1.165) is 24.1 Å². The highest BCUT2D eigenvalue weighted by Crippen LogP contribution is 2.28. The number of allylic oxidation sites excluding steroid dienone is 2. The second-order valence-corrected chi connectivity index (χ2v) is 8.60. The van der Waals surface area contributed by atoms with Crippen LogP contribution in [0.3, 0.4) is 0 Å². The van der Waals surface area contributed by atoms with Crippen molar-refractivity contribution in [1.29, 1.82) is 0 Å². The van der Waals surface area contributed by atoms with Gasteiger partial charge in [0.1, 0.15) is 17.0 Å². The van der Waals surface area contributed by atoms with Crippen molar-refractivity contribution in [2.24, 2.45) is 0 Å². The van der Waals surface area contributed by atoms with Gasteiger partial charge >= 0.3 is 5.63 Å². The smallest absolute Gasteiger partial charge is 0.360 e. The third kappa shape index (κ3) is 6.56. The van der Waals surface area contributed by atoms with E-state index >= 15 is 0 Å². The Morgan fingerprint density at radius 3 is 2.73 bits per heavy atom. The van der Waals surface area contributed by atoms with E-state index in [1.165, 1.54) is 5.57 Å². The van der Waals surface area contributed by atoms with Gasteiger partial charge in [-0.25, -0.2) is 4.79 Å². The monoisotopic (exact) mass is 447 g/mol. The van der Waals surface area contributed by atoms with Gasteiger partial charge in [-0.05, 0) is 89.7 Å². The Morgan fingerprint density at radius 1 is 1.21 bits per heavy atom. The summed E-state index contributed by atoms with van der Waals surface area (Å²) in [5.74, 6) is 0.317. The molecule has 1 heterocycles. The fraction of sp³-hybridized carbons (Fsp3) is 0.333. The number of hydrogen-bond acceptors (Lipinski definition) is 5. The predicted octanol–water partition coefficient (Wildman–Crippen LogP) is 4.99. The summed E-state index contributed by atoms with van der Waals surface area (Å²) in [4.78, 5) is 27.5. The SMILES string of the molecule is CC(C)=CCc1[c]ccc(C(=O)Nc2cc3ccc(OCCCN(C)C)c(C)c3oc2=O)c1. The molecular weight excluding hydrogens is 416 g/mol. The van der Waals surface area contributed by atoms with Crippen LogP contribution < -0.4 is 15.7 Å². The Hall–Kier alpha value is -3.38. The molecule has 0 saturated carbocycles. The standard InChI is InChI=1S/C27H31N2O4/c1-18(2)10-11-20-8-6-9-22(16-20)26(30)28-23-17-21-12-13-24(32-15-7-14-29(4)5)19(3)25(21)33-27(23)31/h6,9-10,12-13,16-17H,7,11,14-15H2,1-5H3,(H,28,30). The molecule has 0 fully saturated rings. The predicted molar refractivity (Wildman–Crippen MR) is 132 cm³/mol. The summed E-state index contributed by atoms with van der Waals surface area (Å²) in [7, 11) is 4.04. The molecule has 2 aromatic carbocycles. The van der Waals surface area contributed by atoms with Crippen LogP contribution >= 0.6 is 0 Å². The lowest BCUT2D eigenvalue weighted by atomic mass is 10.1. The summed E-state index contributed by atoms with van der Waals surface area (Å²) in [6, 6.07) is 13.6. The van der Waals surface area contributed by atoms with E-state index in [9.17, 15) is 9.59 Å². The molecule has 0 aliphatic carbocycles. The van der Waals surface area contributed by atoms with Crippen LogP contribution in [0.4, 0.5) is 5.69 Å². The first-order valence-corrected chi connectivity index (χ1v) is 11.0. The van der Waals surface area contributed by atoms with Crippen molar-refractivity contribution in [2.45, 2.75) is 33.6 Å². The molecule has 1 N–H and O–H groups in total. The molecule has 6 nitrogen and oxygen atoms in total. The number of carbonyl (C=O) groups excluding carboxylic acids is 1. The number of nitrogens with zero attached hydrogens (tertiary/aromatic N) is 1. The molecule has 0 aliphatic rings. The molecule has 3 rings (SSSR count). The van der Waals surface area contributed by atoms with Crippen LogP contribution in [0, 0.1) is 13.0 Å². The van der Waals surface area contributed by atoms with Crippen LogP contribution in [-0.2, 0) is 6.42 Å². The molecule has 3 aromatic rings. The normalized spacial score (nSPS) is 11.0. The Kier molecular flexibility index (Phi) is 8.06. The van der Waals surface area contributed by atoms with Crippen LogP contribution in [0.5, 0.6) is 5.75 Å². The summed E-state index contributed by atoms with van der Waals surface area (Å²) in [6.45, 7) is 7.42. The van der Waals surface area contributed by atoms with E-state index in [1.807, 2.05) is 47.0 Å². The van der Waals surface area contributed by atoms with E-state index in [2.05, 4.69) is 22.4 Å². The summed E-state index contributed by atoms with van der Waals surface area (Å²) in [6.07, 6.45) is 3.67. The zero-order chi connectivity index (χ0) is 24.0. The minimum atomic E-state index is -0.601. The summed E-state index contributed by atoms with van der Waals surface area (Å²) >= 11 is 0. The largest absolute Gasteiger partial charge is 0.493 e. The highest BCUT2D eigenvalue weighted by atomic mass is 16.5. The van der Waals surface area contributed by atoms with Crippen molar-refractivity contribution in [2.75, 3.05) is 32.6 Å². The van der Waals surface area contributed by atoms with Crippen LogP contribution in [0.25, 0.3) is 11.0 Å². The Balaban J connectivity index is 1.78. The van der Waals surface area contributed by atoms with Crippen LogP contribution in [-0.4, -0.2) is 38.1 Å². The number of amides is 1. The number of hydrogen-bond donors (Lipinski definition) is 1. The van der Waals surface area contributed by atoms with Crippen molar-refractivity contribution < 1.29 is 13.9 Å². The number of anilines is 1. The molecular formula is C27H31N2O4. The first-order valence-electron chi connectivity index (χ1n) is 11.0. The van der Waals surface area contributed by atoms with Gasteiger partial charge in [0.15, 0.2) is 0 Å². The fourth-order valence-electron chi connectivity index (χ4n) is 3.40. The zero-order valence-corrected chi connectivity index (χ0v) is 20.0. The quantitative estimate of drug-likeness (QED) is 0.284. The van der Waals surface area contributed by atoms with Gasteiger partial charge in [0.05, 0.1) is 6.61 Å². The number of rotatable bonds is 9. The molecule has 0 spiro atoms. The summed E-state index contributed by atoms with van der Waals surface area (Å²) in [5, 5.41) is 3.40. The van der Waals surface area contributed by atoms with Gasteiger partial charge in [-0.2, -0.15) is 0 Å². The maximum atomic E-state index is 12.8. The molecule has 0 saturated heterocycles. The minimum Gasteiger partial charge on any atom is -0.493 e. The van der Waals surface area contributed by atoms with E-state index < -0.39 is 5.63 Å². The molecule has 1 aromatic heterocycles. The van der Waals surface area contributed by atoms with Crippen molar-refractivity contribution in [1.82, 2.24) is 4.90 Å². The van der Waals surface area contributed by atoms with Gasteiger partial charge < -0.3 is 19.4 Å². The van der Waals surface area contributed by atoms with E-state index in [-0.39, 0.29) is 11.6 Å². The number of ether oxygens (including phenoxy) is 1. The molecule has 1 amide bonds. The molecule has 0 unspecified atom stereocenters. The molecule has 0 bridgehead atoms. The molecule has 173 valence electrons. The number of carbonyl (C=O) groups is 1. The lowest BCUT2D eigenvalue weighted by Gasteiger charge is -2.13. The van der Waals surface area contributed by atoms with Gasteiger partial charge in [0.25, 0.3) is 5.91 Å². The lowest BCUT2D eigenvalue weighted by Crippen LogP contribution is -2.18. The highest BCUT2D eigenvalue weighted by Gasteiger charge is 2.14. The fourth-order valence-corrected chi connectivity index (χ4v) is 3.40. The number of nitrogens with one attached hydrogen (secondary N) is 1. The number of fused-ring (bicyclic) bond motifs is 1. The van der Waals surface area contributed by atoms with E-state index in [1.54, 1.807) is 24.3 Å². The summed E-state index contributed by atoms with van der Waals surface area (Å²) in [5.41, 5.74) is 3.29. The van der Waals surface area contributed by atoms with Crippen LogP contribution in [0.1, 0.15) is 41.8 Å². The van der Waals surface area contributed by atoms with Crippen molar-refractivity contribution >= 4 is 22.6 Å². The second-order valence-electron chi connectivity index (χ2n) is 8.60. The average molecular weight is 448 g/mol. The molecule has 0 atom stereocenters. The van der Waals surface area contributed by atoms with Gasteiger partial charge in [-0.15, -0.1) is 0 Å². The van der Waals surface area contributed by atoms with Crippen LogP contribution in [0.2, 0.25) is 0 Å². The second kappa shape index (κ2) is 11.0. The Bertz CT molecular complexity index is 1220. The maximum Gasteiger partial charge on any atom is 0.360 e. The topological polar surface area (TPSA) is 71.8 Å². The van der Waals surface area contributed by atoms with Crippen molar-refractivity contribution in [3.05, 3.63) is 81.2 Å². The van der Waals surface area contributed by atoms with E-state index in [0.29, 0.717) is 35.3 Å². The van der Waals surface area contributed by atoms with E-state index in [4.69, 9.17) is 9.15 Å². The van der Waals surface area contributed by atoms with Crippen molar-refractivity contribution in [3.63, 3.8) is 0 Å².